The third-order valence-electron chi connectivity index (χ3n) is 0.547. The summed E-state index contributed by atoms with van der Waals surface area (Å²) in [5, 5.41) is 3.50. The Labute approximate surface area is 39.0 Å². The Morgan fingerprint density at radius 1 is 1.17 bits per heavy atom. The van der Waals surface area contributed by atoms with Crippen LogP contribution in [0.3, 0.4) is 0 Å². The first-order valence-electron chi connectivity index (χ1n) is 1.65. The average molecular weight is 101 g/mol. The fourth-order valence-corrected chi connectivity index (χ4v) is 0.891. The highest BCUT2D eigenvalue weighted by molar-refractivity contribution is 7.21. The molecule has 6 heavy (non-hydrogen) atoms. The van der Waals surface area contributed by atoms with E-state index in [4.69, 9.17) is 4.55 Å². The van der Waals surface area contributed by atoms with Crippen molar-refractivity contribution in [3.63, 3.8) is 0 Å². The fourth-order valence-electron chi connectivity index (χ4n) is 0.297. The molecule has 0 aliphatic heterocycles. The number of hydrogen-bond donors (Lipinski definition) is 1. The van der Waals surface area contributed by atoms with Gasteiger partial charge in [0.1, 0.15) is 10.8 Å². The van der Waals surface area contributed by atoms with Crippen molar-refractivity contribution in [2.75, 3.05) is 0 Å². The van der Waals surface area contributed by atoms with Gasteiger partial charge >= 0.3 is 0 Å². The predicted octanol–water partition coefficient (Wildman–Crippen LogP) is 1.57. The van der Waals surface area contributed by atoms with Gasteiger partial charge in [-0.25, -0.2) is 0 Å². The van der Waals surface area contributed by atoms with Gasteiger partial charge in [0.25, 0.3) is 0 Å². The summed E-state index contributed by atoms with van der Waals surface area (Å²) in [6, 6.07) is 3.67. The van der Waals surface area contributed by atoms with Gasteiger partial charge < -0.3 is 0 Å². The van der Waals surface area contributed by atoms with Crippen molar-refractivity contribution in [1.82, 2.24) is 0 Å². The van der Waals surface area contributed by atoms with Gasteiger partial charge in [0.15, 0.2) is 10.8 Å². The van der Waals surface area contributed by atoms with E-state index >= 15 is 0 Å². The van der Waals surface area contributed by atoms with Crippen LogP contribution >= 0.6 is 10.8 Å². The van der Waals surface area contributed by atoms with E-state index in [1.807, 2.05) is 12.1 Å². The van der Waals surface area contributed by atoms with E-state index in [0.717, 1.165) is 0 Å². The second-order valence-corrected chi connectivity index (χ2v) is 2.24. The van der Waals surface area contributed by atoms with Gasteiger partial charge in [-0.1, -0.05) is 0 Å². The van der Waals surface area contributed by atoms with E-state index in [-0.39, 0.29) is 0 Å². The quantitative estimate of drug-likeness (QED) is 0.492. The normalized spacial score (nSPS) is 8.83. The summed E-state index contributed by atoms with van der Waals surface area (Å²) < 4.78 is 8.58. The van der Waals surface area contributed by atoms with Crippen LogP contribution in [-0.4, -0.2) is 4.55 Å². The average Bonchev–Trinajstić information content (AvgIpc) is 1.86. The van der Waals surface area contributed by atoms with Gasteiger partial charge in [0, 0.05) is 0 Å². The smallest absolute Gasteiger partial charge is 0.164 e. The summed E-state index contributed by atoms with van der Waals surface area (Å²) >= 11 is 0. The van der Waals surface area contributed by atoms with Gasteiger partial charge in [-0.05, 0) is 12.1 Å². The highest BCUT2D eigenvalue weighted by atomic mass is 32.2. The molecule has 0 aliphatic carbocycles. The summed E-state index contributed by atoms with van der Waals surface area (Å²) in [6.07, 6.45) is 0. The minimum Gasteiger partial charge on any atom is -0.164 e. The predicted molar refractivity (Wildman–Crippen MR) is 26.3 cm³/mol. The van der Waals surface area contributed by atoms with Crippen LogP contribution in [0.4, 0.5) is 0 Å². The molecule has 0 radical (unpaired) electrons. The molecular weight excluding hydrogens is 96.1 g/mol. The maximum Gasteiger partial charge on any atom is 0.174 e. The van der Waals surface area contributed by atoms with Crippen LogP contribution < -0.4 is 0 Å². The lowest BCUT2D eigenvalue weighted by atomic mass is 10.7. The molecule has 0 fully saturated rings. The van der Waals surface area contributed by atoms with E-state index in [2.05, 4.69) is 0 Å². The van der Waals surface area contributed by atoms with Gasteiger partial charge in [-0.15, -0.1) is 0 Å². The lowest BCUT2D eigenvalue weighted by Crippen LogP contribution is -1.37. The first-order chi connectivity index (χ1) is 2.89. The molecule has 0 saturated heterocycles. The standard InChI is InChI=1S/C4H5OS/c5-6-3-1-2-4-6/h1-5H/q+1. The van der Waals surface area contributed by atoms with E-state index < -0.39 is 10.8 Å². The van der Waals surface area contributed by atoms with Gasteiger partial charge in [0.2, 0.25) is 0 Å². The molecule has 1 aromatic heterocycles. The Morgan fingerprint density at radius 2 is 1.67 bits per heavy atom. The Hall–Kier alpha value is -0.340. The highest BCUT2D eigenvalue weighted by Crippen LogP contribution is 2.07. The molecular formula is C4H5OS+. The molecule has 1 nitrogen and oxygen atoms in total. The maximum atomic E-state index is 8.58. The molecule has 1 rings (SSSR count). The van der Waals surface area contributed by atoms with Crippen LogP contribution in [-0.2, 0) is 0 Å². The summed E-state index contributed by atoms with van der Waals surface area (Å²) in [6.45, 7) is 0. The Bertz CT molecular complexity index is 111. The first kappa shape index (κ1) is 3.84. The first-order valence-corrected chi connectivity index (χ1v) is 2.96. The molecule has 1 heterocycles. The summed E-state index contributed by atoms with van der Waals surface area (Å²) in [5.74, 6) is 0. The van der Waals surface area contributed by atoms with Crippen molar-refractivity contribution >= 4 is 10.8 Å². The van der Waals surface area contributed by atoms with Crippen molar-refractivity contribution in [2.45, 2.75) is 0 Å². The summed E-state index contributed by atoms with van der Waals surface area (Å²) in [5.41, 5.74) is 0. The minimum atomic E-state index is -0.534. The van der Waals surface area contributed by atoms with E-state index in [0.29, 0.717) is 0 Å². The zero-order valence-corrected chi connectivity index (χ0v) is 3.98. The van der Waals surface area contributed by atoms with Crippen molar-refractivity contribution in [3.05, 3.63) is 22.9 Å². The number of hydrogen-bond acceptors (Lipinski definition) is 1. The number of thiophene rings is 1. The third kappa shape index (κ3) is 0.584. The second-order valence-electron chi connectivity index (χ2n) is 1.00. The van der Waals surface area contributed by atoms with Gasteiger partial charge in [-0.2, -0.15) is 4.55 Å². The molecule has 0 bridgehead atoms. The van der Waals surface area contributed by atoms with Gasteiger partial charge in [-0.3, -0.25) is 0 Å². The SMILES string of the molecule is O[s+]1cccc1. The maximum absolute atomic E-state index is 8.58. The summed E-state index contributed by atoms with van der Waals surface area (Å²) in [4.78, 5) is 0. The zero-order chi connectivity index (χ0) is 4.41. The Kier molecular flexibility index (Phi) is 0.900. The molecule has 0 atom stereocenters. The van der Waals surface area contributed by atoms with Crippen molar-refractivity contribution in [2.24, 2.45) is 0 Å². The van der Waals surface area contributed by atoms with Crippen molar-refractivity contribution in [1.29, 1.82) is 0 Å². The Morgan fingerprint density at radius 3 is 1.83 bits per heavy atom. The molecule has 32 valence electrons. The van der Waals surface area contributed by atoms with E-state index in [9.17, 15) is 0 Å². The third-order valence-corrected chi connectivity index (χ3v) is 1.42. The lowest BCUT2D eigenvalue weighted by Gasteiger charge is -1.53. The molecule has 1 aromatic rings. The topological polar surface area (TPSA) is 20.2 Å². The molecule has 2 heteroatoms. The van der Waals surface area contributed by atoms with E-state index in [1.165, 1.54) is 0 Å². The monoisotopic (exact) mass is 101 g/mol. The van der Waals surface area contributed by atoms with Crippen molar-refractivity contribution in [3.8, 4) is 0 Å². The number of rotatable bonds is 0. The van der Waals surface area contributed by atoms with E-state index in [1.54, 1.807) is 10.8 Å². The molecule has 0 amide bonds. The largest absolute Gasteiger partial charge is 0.174 e. The molecule has 0 spiro atoms. The van der Waals surface area contributed by atoms with Gasteiger partial charge in [0.05, 0.1) is 0 Å². The molecule has 0 saturated carbocycles. The molecule has 0 unspecified atom stereocenters. The molecule has 0 aliphatic rings. The van der Waals surface area contributed by atoms with Crippen LogP contribution in [0.15, 0.2) is 22.9 Å². The highest BCUT2D eigenvalue weighted by Gasteiger charge is 1.88. The second kappa shape index (κ2) is 1.41. The lowest BCUT2D eigenvalue weighted by molar-refractivity contribution is 0.643. The van der Waals surface area contributed by atoms with Crippen LogP contribution in [0.1, 0.15) is 0 Å². The minimum absolute atomic E-state index is 0.534. The van der Waals surface area contributed by atoms with Crippen LogP contribution in [0, 0.1) is 0 Å². The summed E-state index contributed by atoms with van der Waals surface area (Å²) in [7, 11) is -0.534. The van der Waals surface area contributed by atoms with Crippen molar-refractivity contribution < 1.29 is 4.55 Å². The fraction of sp³-hybridized carbons (Fsp3) is 0. The van der Waals surface area contributed by atoms with Crippen LogP contribution in [0.25, 0.3) is 0 Å². The Balaban J connectivity index is 3.05. The molecule has 1 N–H and O–H groups in total. The zero-order valence-electron chi connectivity index (χ0n) is 3.16. The van der Waals surface area contributed by atoms with Crippen LogP contribution in [0.2, 0.25) is 0 Å². The van der Waals surface area contributed by atoms with Crippen LogP contribution in [0.5, 0.6) is 0 Å². The molecule has 0 aromatic carbocycles.